The second-order valence-electron chi connectivity index (χ2n) is 12.1. The van der Waals surface area contributed by atoms with E-state index in [2.05, 4.69) is 5.32 Å². The number of benzene rings is 4. The maximum Gasteiger partial charge on any atom is 0.264 e. The molecule has 1 fully saturated rings. The summed E-state index contributed by atoms with van der Waals surface area (Å²) in [5.41, 5.74) is 2.31. The molecule has 11 heteroatoms. The fourth-order valence-electron chi connectivity index (χ4n) is 5.91. The lowest BCUT2D eigenvalue weighted by Crippen LogP contribution is -2.55. The SMILES string of the molecule is Cc1ccc(S(=O)(=O)N(CC(=O)N(Cc2ccc(Cl)cc2Cl)C(Cc2ccccc2)C(=O)NC2CCCCC2)c2ccc(F)cc2)cc1. The van der Waals surface area contributed by atoms with Gasteiger partial charge in [0.1, 0.15) is 18.4 Å². The first-order valence-corrected chi connectivity index (χ1v) is 18.1. The Morgan fingerprint density at radius 1 is 0.896 bits per heavy atom. The third kappa shape index (κ3) is 8.95. The molecular formula is C37H38Cl2FN3O4S. The molecule has 4 aromatic rings. The number of amides is 2. The van der Waals surface area contributed by atoms with Crippen molar-refractivity contribution < 1.29 is 22.4 Å². The molecule has 1 aliphatic carbocycles. The number of carbonyl (C=O) groups excluding carboxylic acids is 2. The predicted molar refractivity (Wildman–Crippen MR) is 188 cm³/mol. The van der Waals surface area contributed by atoms with Gasteiger partial charge >= 0.3 is 0 Å². The Morgan fingerprint density at radius 3 is 2.21 bits per heavy atom. The van der Waals surface area contributed by atoms with Crippen molar-refractivity contribution in [1.29, 1.82) is 0 Å². The van der Waals surface area contributed by atoms with Gasteiger partial charge in [-0.1, -0.05) is 96.6 Å². The Balaban J connectivity index is 1.57. The number of carbonyl (C=O) groups is 2. The van der Waals surface area contributed by atoms with Gasteiger partial charge in [-0.15, -0.1) is 0 Å². The van der Waals surface area contributed by atoms with Crippen molar-refractivity contribution in [1.82, 2.24) is 10.2 Å². The molecule has 7 nitrogen and oxygen atoms in total. The molecule has 0 aromatic heterocycles. The highest BCUT2D eigenvalue weighted by Crippen LogP contribution is 2.28. The summed E-state index contributed by atoms with van der Waals surface area (Å²) in [6, 6.07) is 24.4. The molecule has 48 heavy (non-hydrogen) atoms. The second kappa shape index (κ2) is 16.0. The minimum absolute atomic E-state index is 0.0294. The number of anilines is 1. The summed E-state index contributed by atoms with van der Waals surface area (Å²) in [7, 11) is -4.31. The third-order valence-corrected chi connectivity index (χ3v) is 11.0. The number of hydrogen-bond donors (Lipinski definition) is 1. The highest BCUT2D eigenvalue weighted by molar-refractivity contribution is 7.92. The van der Waals surface area contributed by atoms with Crippen molar-refractivity contribution in [3.05, 3.63) is 130 Å². The first-order valence-electron chi connectivity index (χ1n) is 15.9. The lowest BCUT2D eigenvalue weighted by Gasteiger charge is -2.35. The van der Waals surface area contributed by atoms with Gasteiger partial charge in [0.15, 0.2) is 0 Å². The Morgan fingerprint density at radius 2 is 1.56 bits per heavy atom. The number of aryl methyl sites for hydroxylation is 1. The average Bonchev–Trinajstić information content (AvgIpc) is 3.07. The Kier molecular flexibility index (Phi) is 11.8. The predicted octanol–water partition coefficient (Wildman–Crippen LogP) is 7.73. The van der Waals surface area contributed by atoms with Gasteiger partial charge in [-0.2, -0.15) is 0 Å². The van der Waals surface area contributed by atoms with Crippen molar-refractivity contribution >= 4 is 50.7 Å². The van der Waals surface area contributed by atoms with Crippen LogP contribution < -0.4 is 9.62 Å². The monoisotopic (exact) mass is 709 g/mol. The van der Waals surface area contributed by atoms with Gasteiger partial charge in [-0.3, -0.25) is 13.9 Å². The fraction of sp³-hybridized carbons (Fsp3) is 0.297. The number of hydrogen-bond acceptors (Lipinski definition) is 4. The van der Waals surface area contributed by atoms with E-state index >= 15 is 0 Å². The van der Waals surface area contributed by atoms with Gasteiger partial charge in [-0.05, 0) is 79.4 Å². The molecular weight excluding hydrogens is 672 g/mol. The van der Waals surface area contributed by atoms with Crippen LogP contribution in [0.4, 0.5) is 10.1 Å². The number of sulfonamides is 1. The van der Waals surface area contributed by atoms with Crippen LogP contribution in [0.25, 0.3) is 0 Å². The van der Waals surface area contributed by atoms with Gasteiger partial charge < -0.3 is 10.2 Å². The van der Waals surface area contributed by atoms with Crippen molar-refractivity contribution in [2.75, 3.05) is 10.8 Å². The summed E-state index contributed by atoms with van der Waals surface area (Å²) >= 11 is 12.8. The smallest absolute Gasteiger partial charge is 0.264 e. The number of nitrogens with zero attached hydrogens (tertiary/aromatic N) is 2. The van der Waals surface area contributed by atoms with Crippen molar-refractivity contribution in [2.24, 2.45) is 0 Å². The molecule has 5 rings (SSSR count). The lowest BCUT2D eigenvalue weighted by atomic mass is 9.94. The standard InChI is InChI=1S/C37H38Cl2FN3O4S/c1-26-12-20-33(21-13-26)48(46,47)43(32-18-16-30(40)17-19-32)25-36(44)42(24-28-14-15-29(38)23-34(28)39)35(22-27-8-4-2-5-9-27)37(45)41-31-10-6-3-7-11-31/h2,4-5,8-9,12-21,23,31,35H,3,6-7,10-11,22,24-25H2,1H3,(H,41,45). The van der Waals surface area contributed by atoms with Crippen molar-refractivity contribution in [3.8, 4) is 0 Å². The van der Waals surface area contributed by atoms with Crippen molar-refractivity contribution in [3.63, 3.8) is 0 Å². The lowest BCUT2D eigenvalue weighted by molar-refractivity contribution is -0.140. The van der Waals surface area contributed by atoms with Crippen LogP contribution in [-0.2, 0) is 32.6 Å². The van der Waals surface area contributed by atoms with Gasteiger partial charge in [0.2, 0.25) is 11.8 Å². The highest BCUT2D eigenvalue weighted by Gasteiger charge is 2.35. The molecule has 4 aromatic carbocycles. The summed E-state index contributed by atoms with van der Waals surface area (Å²) in [6.45, 7) is 1.09. The van der Waals surface area contributed by atoms with Gasteiger partial charge in [-0.25, -0.2) is 12.8 Å². The minimum atomic E-state index is -4.31. The van der Waals surface area contributed by atoms with Crippen LogP contribution in [-0.4, -0.2) is 43.8 Å². The molecule has 2 amide bonds. The van der Waals surface area contributed by atoms with Crippen LogP contribution in [0, 0.1) is 12.7 Å². The molecule has 0 aliphatic heterocycles. The summed E-state index contributed by atoms with van der Waals surface area (Å²) in [6.07, 6.45) is 4.97. The quantitative estimate of drug-likeness (QED) is 0.163. The molecule has 0 bridgehead atoms. The summed E-state index contributed by atoms with van der Waals surface area (Å²) in [4.78, 5) is 30.2. The second-order valence-corrected chi connectivity index (χ2v) is 14.8. The van der Waals surface area contributed by atoms with Crippen LogP contribution in [0.5, 0.6) is 0 Å². The van der Waals surface area contributed by atoms with E-state index in [0.717, 1.165) is 59.7 Å². The van der Waals surface area contributed by atoms with Crippen LogP contribution in [0.1, 0.15) is 48.8 Å². The summed E-state index contributed by atoms with van der Waals surface area (Å²) in [5.74, 6) is -1.53. The van der Waals surface area contributed by atoms with E-state index in [9.17, 15) is 22.4 Å². The van der Waals surface area contributed by atoms with Crippen molar-refractivity contribution in [2.45, 2.75) is 69.0 Å². The Hall–Kier alpha value is -3.92. The topological polar surface area (TPSA) is 86.8 Å². The average molecular weight is 711 g/mol. The molecule has 1 unspecified atom stereocenters. The molecule has 252 valence electrons. The van der Waals surface area contributed by atoms with Gasteiger partial charge in [0.05, 0.1) is 10.6 Å². The van der Waals surface area contributed by atoms with Crippen LogP contribution in [0.3, 0.4) is 0 Å². The van der Waals surface area contributed by atoms with Crippen LogP contribution in [0.2, 0.25) is 10.0 Å². The Bertz CT molecular complexity index is 1820. The zero-order valence-corrected chi connectivity index (χ0v) is 28.9. The van der Waals surface area contributed by atoms with Gasteiger partial charge in [0.25, 0.3) is 10.0 Å². The van der Waals surface area contributed by atoms with E-state index in [1.807, 2.05) is 37.3 Å². The van der Waals surface area contributed by atoms with Crippen LogP contribution >= 0.6 is 23.2 Å². The molecule has 1 aliphatic rings. The number of nitrogens with one attached hydrogen (secondary N) is 1. The molecule has 0 radical (unpaired) electrons. The largest absolute Gasteiger partial charge is 0.352 e. The number of rotatable bonds is 12. The third-order valence-electron chi connectivity index (χ3n) is 8.58. The van der Waals surface area contributed by atoms with E-state index < -0.39 is 34.3 Å². The van der Waals surface area contributed by atoms with E-state index in [1.54, 1.807) is 30.3 Å². The normalized spacial score (nSPS) is 14.2. The number of halogens is 3. The van der Waals surface area contributed by atoms with E-state index in [4.69, 9.17) is 23.2 Å². The van der Waals surface area contributed by atoms with E-state index in [1.165, 1.54) is 29.2 Å². The fourth-order valence-corrected chi connectivity index (χ4v) is 7.79. The highest BCUT2D eigenvalue weighted by atomic mass is 35.5. The maximum absolute atomic E-state index is 14.6. The molecule has 0 saturated heterocycles. The van der Waals surface area contributed by atoms with E-state index in [0.29, 0.717) is 15.6 Å². The van der Waals surface area contributed by atoms with E-state index in [-0.39, 0.29) is 35.5 Å². The first-order chi connectivity index (χ1) is 23.0. The molecule has 1 atom stereocenters. The molecule has 0 heterocycles. The summed E-state index contributed by atoms with van der Waals surface area (Å²) < 4.78 is 43.2. The molecule has 1 N–H and O–H groups in total. The first kappa shape index (κ1) is 35.4. The molecule has 0 spiro atoms. The van der Waals surface area contributed by atoms with Crippen LogP contribution in [0.15, 0.2) is 102 Å². The van der Waals surface area contributed by atoms with Gasteiger partial charge in [0, 0.05) is 29.1 Å². The molecule has 1 saturated carbocycles. The Labute approximate surface area is 291 Å². The summed E-state index contributed by atoms with van der Waals surface area (Å²) in [5, 5.41) is 3.88. The minimum Gasteiger partial charge on any atom is -0.352 e. The zero-order chi connectivity index (χ0) is 34.3. The zero-order valence-electron chi connectivity index (χ0n) is 26.6. The maximum atomic E-state index is 14.6.